The summed E-state index contributed by atoms with van der Waals surface area (Å²) in [7, 11) is 0. The fourth-order valence-electron chi connectivity index (χ4n) is 1.36. The van der Waals surface area contributed by atoms with Crippen molar-refractivity contribution in [3.8, 4) is 11.1 Å². The van der Waals surface area contributed by atoms with E-state index in [9.17, 15) is 0 Å². The smallest absolute Gasteiger partial charge is 0.109 e. The second kappa shape index (κ2) is 4.30. The summed E-state index contributed by atoms with van der Waals surface area (Å²) in [6.45, 7) is 0. The largest absolute Gasteiger partial charge is 0.120 e. The van der Waals surface area contributed by atoms with Gasteiger partial charge in [-0.05, 0) is 16.7 Å². The second-order valence-corrected chi connectivity index (χ2v) is 3.23. The third-order valence-corrected chi connectivity index (χ3v) is 2.32. The minimum Gasteiger partial charge on any atom is -0.109 e. The number of rotatable bonds is 2. The summed E-state index contributed by atoms with van der Waals surface area (Å²) in [5.74, 6) is 2.58. The maximum atomic E-state index is 5.48. The Bertz CT molecular complexity index is 389. The molecule has 0 N–H and O–H groups in total. The van der Waals surface area contributed by atoms with Crippen molar-refractivity contribution < 1.29 is 0 Å². The van der Waals surface area contributed by atoms with E-state index in [1.165, 1.54) is 11.1 Å². The molecule has 0 nitrogen and oxygen atoms in total. The quantitative estimate of drug-likeness (QED) is 0.688. The molecule has 0 bridgehead atoms. The Kier molecular flexibility index (Phi) is 2.85. The lowest BCUT2D eigenvalue weighted by Gasteiger charge is -2.01. The number of hydrogen-bond acceptors (Lipinski definition) is 0. The van der Waals surface area contributed by atoms with Crippen LogP contribution >= 0.6 is 11.6 Å². The summed E-state index contributed by atoms with van der Waals surface area (Å²) in [4.78, 5) is 0. The Balaban J connectivity index is 2.34. The number of hydrogen-bond donors (Lipinski definition) is 0. The van der Waals surface area contributed by atoms with Crippen LogP contribution in [0, 0.1) is 5.88 Å². The second-order valence-electron chi connectivity index (χ2n) is 3.04. The van der Waals surface area contributed by atoms with Crippen LogP contribution in [0.4, 0.5) is 0 Å². The molecule has 2 aromatic rings. The zero-order valence-electron chi connectivity index (χ0n) is 7.57. The maximum Gasteiger partial charge on any atom is 0.120 e. The van der Waals surface area contributed by atoms with Crippen molar-refractivity contribution >= 4 is 11.6 Å². The molecular formula is C13H9Cl. The van der Waals surface area contributed by atoms with Crippen LogP contribution in [0.3, 0.4) is 0 Å². The molecule has 0 amide bonds. The molecule has 0 aliphatic heterocycles. The lowest BCUT2D eigenvalue weighted by Crippen LogP contribution is -1.78. The fourth-order valence-corrected chi connectivity index (χ4v) is 1.48. The molecule has 0 aromatic heterocycles. The first-order chi connectivity index (χ1) is 6.90. The molecule has 0 heterocycles. The first-order valence-corrected chi connectivity index (χ1v) is 4.80. The van der Waals surface area contributed by atoms with Gasteiger partial charge in [-0.2, -0.15) is 0 Å². The Morgan fingerprint density at radius 3 is 1.86 bits per heavy atom. The van der Waals surface area contributed by atoms with Crippen LogP contribution in [0.5, 0.6) is 0 Å². The summed E-state index contributed by atoms with van der Waals surface area (Å²) in [5, 5.41) is 0. The molecule has 0 spiro atoms. The first kappa shape index (κ1) is 9.29. The topological polar surface area (TPSA) is 0 Å². The molecule has 2 aromatic carbocycles. The van der Waals surface area contributed by atoms with E-state index in [2.05, 4.69) is 18.0 Å². The van der Waals surface area contributed by atoms with E-state index >= 15 is 0 Å². The van der Waals surface area contributed by atoms with Gasteiger partial charge in [0.25, 0.3) is 0 Å². The molecule has 0 aliphatic carbocycles. The molecule has 0 fully saturated rings. The summed E-state index contributed by atoms with van der Waals surface area (Å²) in [6.07, 6.45) is 0. The molecular weight excluding hydrogens is 192 g/mol. The van der Waals surface area contributed by atoms with Crippen LogP contribution in [-0.4, -0.2) is 0 Å². The van der Waals surface area contributed by atoms with Gasteiger partial charge in [0.15, 0.2) is 0 Å². The van der Waals surface area contributed by atoms with Crippen molar-refractivity contribution in [3.63, 3.8) is 0 Å². The molecule has 0 saturated carbocycles. The Morgan fingerprint density at radius 1 is 0.714 bits per heavy atom. The van der Waals surface area contributed by atoms with Gasteiger partial charge in [-0.3, -0.25) is 0 Å². The predicted octanol–water partition coefficient (Wildman–Crippen LogP) is 3.98. The maximum absolute atomic E-state index is 5.48. The first-order valence-electron chi connectivity index (χ1n) is 4.42. The normalized spacial score (nSPS) is 10.1. The molecule has 0 saturated heterocycles. The molecule has 2 radical (unpaired) electrons. The van der Waals surface area contributed by atoms with Gasteiger partial charge in [-0.15, -0.1) is 11.6 Å². The van der Waals surface area contributed by atoms with Crippen molar-refractivity contribution in [3.05, 3.63) is 66.0 Å². The average molecular weight is 201 g/mol. The molecule has 2 rings (SSSR count). The highest BCUT2D eigenvalue weighted by Gasteiger charge is 1.96. The fraction of sp³-hybridized carbons (Fsp3) is 0. The minimum absolute atomic E-state index is 0.909. The van der Waals surface area contributed by atoms with Gasteiger partial charge in [0.05, 0.1) is 0 Å². The Morgan fingerprint density at radius 2 is 1.29 bits per heavy atom. The van der Waals surface area contributed by atoms with Gasteiger partial charge < -0.3 is 0 Å². The molecule has 14 heavy (non-hydrogen) atoms. The van der Waals surface area contributed by atoms with E-state index < -0.39 is 0 Å². The van der Waals surface area contributed by atoms with E-state index in [1.54, 1.807) is 0 Å². The summed E-state index contributed by atoms with van der Waals surface area (Å²) >= 11 is 5.48. The van der Waals surface area contributed by atoms with Crippen molar-refractivity contribution in [1.29, 1.82) is 0 Å². The third kappa shape index (κ3) is 1.97. The molecule has 0 atom stereocenters. The van der Waals surface area contributed by atoms with Crippen LogP contribution in [-0.2, 0) is 0 Å². The van der Waals surface area contributed by atoms with Crippen LogP contribution < -0.4 is 0 Å². The molecule has 0 unspecified atom stereocenters. The van der Waals surface area contributed by atoms with Crippen molar-refractivity contribution in [2.75, 3.05) is 0 Å². The van der Waals surface area contributed by atoms with Gasteiger partial charge in [-0.1, -0.05) is 54.6 Å². The van der Waals surface area contributed by atoms with Crippen molar-refractivity contribution in [2.24, 2.45) is 0 Å². The number of halogens is 1. The highest BCUT2D eigenvalue weighted by atomic mass is 35.5. The van der Waals surface area contributed by atoms with Crippen LogP contribution in [0.25, 0.3) is 11.1 Å². The number of benzene rings is 2. The Labute approximate surface area is 89.2 Å². The molecule has 68 valence electrons. The standard InChI is InChI=1S/C13H9Cl/c14-10-11-6-8-13(9-7-11)12-4-2-1-3-5-12/h1-9H. The molecule has 0 aliphatic rings. The van der Waals surface area contributed by atoms with Gasteiger partial charge in [-0.25, -0.2) is 0 Å². The highest BCUT2D eigenvalue weighted by Crippen LogP contribution is 2.19. The Hall–Kier alpha value is -1.27. The lowest BCUT2D eigenvalue weighted by molar-refractivity contribution is 1.56. The van der Waals surface area contributed by atoms with Gasteiger partial charge in [0, 0.05) is 0 Å². The van der Waals surface area contributed by atoms with Crippen LogP contribution in [0.2, 0.25) is 0 Å². The SMILES string of the molecule is Cl[C]c1ccc(-c2ccccc2)cc1. The van der Waals surface area contributed by atoms with Crippen LogP contribution in [0.15, 0.2) is 54.6 Å². The van der Waals surface area contributed by atoms with Gasteiger partial charge in [0.2, 0.25) is 0 Å². The summed E-state index contributed by atoms with van der Waals surface area (Å²) < 4.78 is 0. The van der Waals surface area contributed by atoms with E-state index in [1.807, 2.05) is 42.5 Å². The predicted molar refractivity (Wildman–Crippen MR) is 60.1 cm³/mol. The van der Waals surface area contributed by atoms with E-state index in [0.29, 0.717) is 0 Å². The molecule has 1 heteroatoms. The summed E-state index contributed by atoms with van der Waals surface area (Å²) in [5.41, 5.74) is 3.32. The van der Waals surface area contributed by atoms with Crippen LogP contribution in [0.1, 0.15) is 5.56 Å². The minimum atomic E-state index is 0.909. The summed E-state index contributed by atoms with van der Waals surface area (Å²) in [6, 6.07) is 18.2. The average Bonchev–Trinajstić information content (AvgIpc) is 2.30. The van der Waals surface area contributed by atoms with Gasteiger partial charge >= 0.3 is 0 Å². The van der Waals surface area contributed by atoms with Crippen molar-refractivity contribution in [1.82, 2.24) is 0 Å². The third-order valence-electron chi connectivity index (χ3n) is 2.10. The van der Waals surface area contributed by atoms with E-state index in [0.717, 1.165) is 5.56 Å². The monoisotopic (exact) mass is 200 g/mol. The zero-order valence-corrected chi connectivity index (χ0v) is 8.33. The lowest BCUT2D eigenvalue weighted by atomic mass is 10.0. The van der Waals surface area contributed by atoms with E-state index in [4.69, 9.17) is 11.6 Å². The van der Waals surface area contributed by atoms with Gasteiger partial charge in [0.1, 0.15) is 5.88 Å². The zero-order chi connectivity index (χ0) is 9.80. The van der Waals surface area contributed by atoms with Crippen molar-refractivity contribution in [2.45, 2.75) is 0 Å². The highest BCUT2D eigenvalue weighted by molar-refractivity contribution is 6.25. The van der Waals surface area contributed by atoms with E-state index in [-0.39, 0.29) is 0 Å².